The Balaban J connectivity index is 1.46. The molecule has 0 saturated heterocycles. The molecular formula is C25H22N2O3. The predicted molar refractivity (Wildman–Crippen MR) is 117 cm³/mol. The lowest BCUT2D eigenvalue weighted by Crippen LogP contribution is -2.25. The van der Waals surface area contributed by atoms with Crippen LogP contribution < -0.4 is 10.1 Å². The summed E-state index contributed by atoms with van der Waals surface area (Å²) in [7, 11) is 1.70. The number of benzene rings is 3. The summed E-state index contributed by atoms with van der Waals surface area (Å²) in [5.74, 6) is 0.952. The summed E-state index contributed by atoms with van der Waals surface area (Å²) >= 11 is 0. The molecule has 1 N–H and O–H groups in total. The maximum Gasteiger partial charge on any atom is 0.236 e. The van der Waals surface area contributed by atoms with Gasteiger partial charge in [0, 0.05) is 47.6 Å². The van der Waals surface area contributed by atoms with Crippen LogP contribution >= 0.6 is 0 Å². The number of amides is 1. The van der Waals surface area contributed by atoms with E-state index in [1.807, 2.05) is 72.9 Å². The second kappa shape index (κ2) is 7.69. The quantitative estimate of drug-likeness (QED) is 0.505. The van der Waals surface area contributed by atoms with Crippen LogP contribution in [0.2, 0.25) is 0 Å². The normalized spacial score (nSPS) is 12.8. The van der Waals surface area contributed by atoms with Gasteiger partial charge in [-0.25, -0.2) is 0 Å². The third kappa shape index (κ3) is 3.23. The van der Waals surface area contributed by atoms with E-state index in [4.69, 9.17) is 9.47 Å². The molecule has 0 atom stereocenters. The van der Waals surface area contributed by atoms with Gasteiger partial charge in [0.15, 0.2) is 0 Å². The van der Waals surface area contributed by atoms with E-state index in [0.29, 0.717) is 6.61 Å². The van der Waals surface area contributed by atoms with Crippen LogP contribution in [0, 0.1) is 0 Å². The van der Waals surface area contributed by atoms with E-state index in [1.54, 1.807) is 7.11 Å². The summed E-state index contributed by atoms with van der Waals surface area (Å²) < 4.78 is 13.3. The number of nitrogens with one attached hydrogen (secondary N) is 1. The average Bonchev–Trinajstić information content (AvgIpc) is 3.18. The number of para-hydroxylation sites is 2. The van der Waals surface area contributed by atoms with Gasteiger partial charge < -0.3 is 19.4 Å². The first-order valence-corrected chi connectivity index (χ1v) is 9.99. The summed E-state index contributed by atoms with van der Waals surface area (Å²) in [6.07, 6.45) is 2.04. The number of methoxy groups -OCH3 is 1. The van der Waals surface area contributed by atoms with Gasteiger partial charge in [0.2, 0.25) is 5.91 Å². The average molecular weight is 398 g/mol. The van der Waals surface area contributed by atoms with E-state index in [1.165, 1.54) is 0 Å². The van der Waals surface area contributed by atoms with Crippen molar-refractivity contribution in [3.05, 3.63) is 90.1 Å². The number of ether oxygens (including phenoxy) is 2. The molecule has 0 bridgehead atoms. The van der Waals surface area contributed by atoms with Crippen molar-refractivity contribution in [1.29, 1.82) is 0 Å². The van der Waals surface area contributed by atoms with Gasteiger partial charge in [-0.1, -0.05) is 36.4 Å². The van der Waals surface area contributed by atoms with Gasteiger partial charge in [-0.3, -0.25) is 4.79 Å². The number of fused-ring (bicyclic) bond motifs is 3. The Bertz CT molecular complexity index is 1180. The third-order valence-electron chi connectivity index (χ3n) is 5.52. The van der Waals surface area contributed by atoms with Crippen molar-refractivity contribution in [2.45, 2.75) is 12.5 Å². The number of aromatic nitrogens is 1. The molecule has 0 fully saturated rings. The van der Waals surface area contributed by atoms with Gasteiger partial charge in [-0.2, -0.15) is 0 Å². The highest BCUT2D eigenvalue weighted by molar-refractivity contribution is 6.00. The van der Waals surface area contributed by atoms with E-state index in [9.17, 15) is 4.79 Å². The molecule has 0 aliphatic carbocycles. The first-order chi connectivity index (χ1) is 14.7. The van der Waals surface area contributed by atoms with Gasteiger partial charge in [0.1, 0.15) is 11.5 Å². The molecule has 2 heterocycles. The number of hydrogen-bond donors (Lipinski definition) is 1. The molecule has 150 valence electrons. The van der Waals surface area contributed by atoms with Gasteiger partial charge in [-0.15, -0.1) is 0 Å². The monoisotopic (exact) mass is 398 g/mol. The molecule has 1 aromatic heterocycles. The minimum Gasteiger partial charge on any atom is -0.457 e. The molecule has 5 nitrogen and oxygen atoms in total. The maximum absolute atomic E-state index is 13.4. The lowest BCUT2D eigenvalue weighted by molar-refractivity contribution is -0.116. The number of hydrogen-bond acceptors (Lipinski definition) is 3. The Morgan fingerprint density at radius 3 is 2.40 bits per heavy atom. The second-order valence-electron chi connectivity index (χ2n) is 7.38. The number of anilines is 1. The highest BCUT2D eigenvalue weighted by Crippen LogP contribution is 2.44. The van der Waals surface area contributed by atoms with Gasteiger partial charge in [-0.05, 0) is 36.4 Å². The molecule has 0 unspecified atom stereocenters. The fourth-order valence-electron chi connectivity index (χ4n) is 4.07. The van der Waals surface area contributed by atoms with E-state index < -0.39 is 5.92 Å². The van der Waals surface area contributed by atoms with Crippen molar-refractivity contribution < 1.29 is 14.3 Å². The van der Waals surface area contributed by atoms with Crippen LogP contribution in [-0.4, -0.2) is 24.2 Å². The SMILES string of the molecule is COCCn1ccc2cc(NC(=O)C3c4ccccc4Oc4ccccc43)ccc21. The van der Waals surface area contributed by atoms with Crippen LogP contribution in [0.4, 0.5) is 5.69 Å². The van der Waals surface area contributed by atoms with Crippen LogP contribution in [-0.2, 0) is 16.1 Å². The van der Waals surface area contributed by atoms with Crippen molar-refractivity contribution in [2.75, 3.05) is 19.0 Å². The lowest BCUT2D eigenvalue weighted by atomic mass is 9.87. The van der Waals surface area contributed by atoms with E-state index in [0.717, 1.165) is 45.8 Å². The molecule has 0 spiro atoms. The molecule has 4 aromatic rings. The van der Waals surface area contributed by atoms with E-state index >= 15 is 0 Å². The van der Waals surface area contributed by atoms with Crippen molar-refractivity contribution in [3.63, 3.8) is 0 Å². The first-order valence-electron chi connectivity index (χ1n) is 9.99. The largest absolute Gasteiger partial charge is 0.457 e. The fraction of sp³-hybridized carbons (Fsp3) is 0.160. The Hall–Kier alpha value is -3.57. The van der Waals surface area contributed by atoms with Gasteiger partial charge in [0.25, 0.3) is 0 Å². The van der Waals surface area contributed by atoms with Crippen LogP contribution in [0.1, 0.15) is 17.0 Å². The van der Waals surface area contributed by atoms with Crippen LogP contribution in [0.15, 0.2) is 79.0 Å². The molecule has 0 radical (unpaired) electrons. The Morgan fingerprint density at radius 2 is 1.70 bits per heavy atom. The van der Waals surface area contributed by atoms with E-state index in [-0.39, 0.29) is 5.91 Å². The zero-order valence-corrected chi connectivity index (χ0v) is 16.7. The summed E-state index contributed by atoms with van der Waals surface area (Å²) in [5, 5.41) is 4.19. The molecule has 1 aliphatic rings. The summed E-state index contributed by atoms with van der Waals surface area (Å²) in [6, 6.07) is 23.5. The predicted octanol–water partition coefficient (Wildman–Crippen LogP) is 5.16. The molecule has 5 heteroatoms. The Labute approximate surface area is 174 Å². The fourth-order valence-corrected chi connectivity index (χ4v) is 4.07. The number of carbonyl (C=O) groups excluding carboxylic acids is 1. The summed E-state index contributed by atoms with van der Waals surface area (Å²) in [5.41, 5.74) is 3.64. The molecule has 5 rings (SSSR count). The number of rotatable bonds is 5. The van der Waals surface area contributed by atoms with E-state index in [2.05, 4.69) is 16.0 Å². The van der Waals surface area contributed by atoms with Crippen LogP contribution in [0.5, 0.6) is 11.5 Å². The lowest BCUT2D eigenvalue weighted by Gasteiger charge is -2.27. The third-order valence-corrected chi connectivity index (χ3v) is 5.52. The van der Waals surface area contributed by atoms with Crippen molar-refractivity contribution in [2.24, 2.45) is 0 Å². The zero-order chi connectivity index (χ0) is 20.5. The zero-order valence-electron chi connectivity index (χ0n) is 16.7. The molecule has 1 amide bonds. The smallest absolute Gasteiger partial charge is 0.236 e. The molecule has 3 aromatic carbocycles. The Kier molecular flexibility index (Phi) is 4.73. The minimum absolute atomic E-state index is 0.0728. The van der Waals surface area contributed by atoms with Crippen LogP contribution in [0.25, 0.3) is 10.9 Å². The molecule has 1 aliphatic heterocycles. The van der Waals surface area contributed by atoms with Gasteiger partial charge in [0.05, 0.1) is 12.5 Å². The maximum atomic E-state index is 13.4. The minimum atomic E-state index is -0.423. The van der Waals surface area contributed by atoms with Gasteiger partial charge >= 0.3 is 0 Å². The second-order valence-corrected chi connectivity index (χ2v) is 7.38. The highest BCUT2D eigenvalue weighted by atomic mass is 16.5. The summed E-state index contributed by atoms with van der Waals surface area (Å²) in [6.45, 7) is 1.45. The molecule has 0 saturated carbocycles. The number of nitrogens with zero attached hydrogens (tertiary/aromatic N) is 1. The standard InChI is InChI=1S/C25H22N2O3/c1-29-15-14-27-13-12-17-16-18(10-11-21(17)27)26-25(28)24-19-6-2-4-8-22(19)30-23-9-5-3-7-20(23)24/h2-13,16,24H,14-15H2,1H3,(H,26,28). The van der Waals surface area contributed by atoms with Crippen LogP contribution in [0.3, 0.4) is 0 Å². The first kappa shape index (κ1) is 18.5. The van der Waals surface area contributed by atoms with Crippen molar-refractivity contribution >= 4 is 22.5 Å². The number of carbonyl (C=O) groups is 1. The summed E-state index contributed by atoms with van der Waals surface area (Å²) in [4.78, 5) is 13.4. The molecular weight excluding hydrogens is 376 g/mol. The topological polar surface area (TPSA) is 52.5 Å². The van der Waals surface area contributed by atoms with Crippen molar-refractivity contribution in [3.8, 4) is 11.5 Å². The highest BCUT2D eigenvalue weighted by Gasteiger charge is 2.32. The van der Waals surface area contributed by atoms with Crippen molar-refractivity contribution in [1.82, 2.24) is 4.57 Å². The molecule has 30 heavy (non-hydrogen) atoms. The Morgan fingerprint density at radius 1 is 1.00 bits per heavy atom.